The zero-order valence-corrected chi connectivity index (χ0v) is 17.4. The third kappa shape index (κ3) is 4.63. The van der Waals surface area contributed by atoms with Crippen LogP contribution in [0.1, 0.15) is 11.1 Å². The standard InChI is InChI=1S/C24H17ClN2O5/c25-17-5-1-16(2-6-17)14-32-20-11-7-18(8-12-20)27-23(30)21(22(29)26-24(27)31)13-15-3-9-19(28)10-4-15/h1-13,28H,14H2,(H,26,29,31)/b21-13-. The van der Waals surface area contributed by atoms with E-state index in [2.05, 4.69) is 5.32 Å². The van der Waals surface area contributed by atoms with E-state index in [4.69, 9.17) is 16.3 Å². The van der Waals surface area contributed by atoms with Gasteiger partial charge < -0.3 is 9.84 Å². The van der Waals surface area contributed by atoms with Crippen LogP contribution in [0.5, 0.6) is 11.5 Å². The van der Waals surface area contributed by atoms with Gasteiger partial charge in [0, 0.05) is 5.02 Å². The van der Waals surface area contributed by atoms with Crippen LogP contribution >= 0.6 is 11.6 Å². The molecular formula is C24H17ClN2O5. The Morgan fingerprint density at radius 3 is 2.22 bits per heavy atom. The number of aromatic hydroxyl groups is 1. The fourth-order valence-corrected chi connectivity index (χ4v) is 3.19. The molecule has 1 fully saturated rings. The van der Waals surface area contributed by atoms with Crippen molar-refractivity contribution < 1.29 is 24.2 Å². The highest BCUT2D eigenvalue weighted by atomic mass is 35.5. The highest BCUT2D eigenvalue weighted by Crippen LogP contribution is 2.25. The summed E-state index contributed by atoms with van der Waals surface area (Å²) in [5.41, 5.74) is 1.56. The van der Waals surface area contributed by atoms with Crippen molar-refractivity contribution in [2.75, 3.05) is 4.90 Å². The maximum atomic E-state index is 12.9. The van der Waals surface area contributed by atoms with Crippen LogP contribution in [0.2, 0.25) is 5.02 Å². The van der Waals surface area contributed by atoms with Crippen LogP contribution < -0.4 is 15.0 Å². The van der Waals surface area contributed by atoms with E-state index in [1.807, 2.05) is 12.1 Å². The lowest BCUT2D eigenvalue weighted by atomic mass is 10.1. The summed E-state index contributed by atoms with van der Waals surface area (Å²) in [5, 5.41) is 12.2. The maximum Gasteiger partial charge on any atom is 0.335 e. The molecule has 1 aliphatic heterocycles. The molecule has 0 atom stereocenters. The molecule has 4 amide bonds. The van der Waals surface area contributed by atoms with E-state index in [1.165, 1.54) is 18.2 Å². The Balaban J connectivity index is 1.51. The predicted octanol–water partition coefficient (Wildman–Crippen LogP) is 4.29. The largest absolute Gasteiger partial charge is 0.508 e. The first kappa shape index (κ1) is 21.1. The normalized spacial score (nSPS) is 15.1. The quantitative estimate of drug-likeness (QED) is 0.448. The van der Waals surface area contributed by atoms with Crippen LogP contribution in [0.25, 0.3) is 6.08 Å². The lowest BCUT2D eigenvalue weighted by molar-refractivity contribution is -0.122. The SMILES string of the molecule is O=C1NC(=O)N(c2ccc(OCc3ccc(Cl)cc3)cc2)C(=O)/C1=C\c1ccc(O)cc1. The number of imide groups is 2. The number of benzene rings is 3. The molecule has 0 aromatic heterocycles. The molecule has 160 valence electrons. The number of halogens is 1. The number of barbiturate groups is 1. The zero-order chi connectivity index (χ0) is 22.7. The minimum Gasteiger partial charge on any atom is -0.508 e. The average molecular weight is 449 g/mol. The van der Waals surface area contributed by atoms with Crippen LogP contribution in [0.15, 0.2) is 78.4 Å². The number of amides is 4. The molecule has 0 aliphatic carbocycles. The molecule has 1 saturated heterocycles. The summed E-state index contributed by atoms with van der Waals surface area (Å²) in [7, 11) is 0. The molecule has 0 saturated carbocycles. The number of hydrogen-bond acceptors (Lipinski definition) is 5. The molecule has 7 nitrogen and oxygen atoms in total. The van der Waals surface area contributed by atoms with Gasteiger partial charge in [0.25, 0.3) is 11.8 Å². The van der Waals surface area contributed by atoms with Crippen molar-refractivity contribution in [2.24, 2.45) is 0 Å². The Bertz CT molecular complexity index is 1200. The van der Waals surface area contributed by atoms with Crippen molar-refractivity contribution in [3.63, 3.8) is 0 Å². The van der Waals surface area contributed by atoms with E-state index >= 15 is 0 Å². The predicted molar refractivity (Wildman–Crippen MR) is 119 cm³/mol. The van der Waals surface area contributed by atoms with Crippen molar-refractivity contribution in [3.8, 4) is 11.5 Å². The number of hydrogen-bond donors (Lipinski definition) is 2. The van der Waals surface area contributed by atoms with Gasteiger partial charge in [0.1, 0.15) is 23.7 Å². The molecule has 1 aliphatic rings. The second kappa shape index (κ2) is 8.95. The van der Waals surface area contributed by atoms with Gasteiger partial charge in [-0.05, 0) is 65.7 Å². The van der Waals surface area contributed by atoms with Crippen LogP contribution in [0.4, 0.5) is 10.5 Å². The third-order valence-corrected chi connectivity index (χ3v) is 4.97. The van der Waals surface area contributed by atoms with E-state index in [9.17, 15) is 19.5 Å². The Morgan fingerprint density at radius 2 is 1.56 bits per heavy atom. The Kier molecular flexibility index (Phi) is 5.91. The van der Waals surface area contributed by atoms with Crippen molar-refractivity contribution >= 4 is 41.2 Å². The summed E-state index contributed by atoms with van der Waals surface area (Å²) in [4.78, 5) is 38.4. The number of nitrogens with zero attached hydrogens (tertiary/aromatic N) is 1. The fourth-order valence-electron chi connectivity index (χ4n) is 3.07. The minimum absolute atomic E-state index is 0.0572. The molecule has 0 unspecified atom stereocenters. The summed E-state index contributed by atoms with van der Waals surface area (Å²) in [6.07, 6.45) is 1.36. The van der Waals surface area contributed by atoms with Crippen LogP contribution in [0, 0.1) is 0 Å². The monoisotopic (exact) mass is 448 g/mol. The first-order valence-corrected chi connectivity index (χ1v) is 9.96. The maximum absolute atomic E-state index is 12.9. The number of carbonyl (C=O) groups excluding carboxylic acids is 3. The smallest absolute Gasteiger partial charge is 0.335 e. The van der Waals surface area contributed by atoms with Gasteiger partial charge in [-0.2, -0.15) is 0 Å². The van der Waals surface area contributed by atoms with Crippen molar-refractivity contribution in [1.82, 2.24) is 5.32 Å². The van der Waals surface area contributed by atoms with E-state index in [1.54, 1.807) is 48.5 Å². The summed E-state index contributed by atoms with van der Waals surface area (Å²) in [5.74, 6) is -0.930. The Hall–Kier alpha value is -4.10. The minimum atomic E-state index is -0.835. The lowest BCUT2D eigenvalue weighted by Gasteiger charge is -2.26. The second-order valence-corrected chi connectivity index (χ2v) is 7.39. The van der Waals surface area contributed by atoms with Gasteiger partial charge in [0.15, 0.2) is 0 Å². The summed E-state index contributed by atoms with van der Waals surface area (Å²) in [6.45, 7) is 0.327. The molecule has 3 aromatic rings. The highest BCUT2D eigenvalue weighted by Gasteiger charge is 2.36. The first-order chi connectivity index (χ1) is 15.4. The molecule has 0 bridgehead atoms. The van der Waals surface area contributed by atoms with Crippen molar-refractivity contribution in [3.05, 3.63) is 94.5 Å². The molecule has 8 heteroatoms. The number of carbonyl (C=O) groups is 3. The highest BCUT2D eigenvalue weighted by molar-refractivity contribution is 6.39. The Labute approximate surface area is 188 Å². The second-order valence-electron chi connectivity index (χ2n) is 6.96. The summed E-state index contributed by atoms with van der Waals surface area (Å²) in [6, 6.07) is 18.8. The molecule has 4 rings (SSSR count). The Morgan fingerprint density at radius 1 is 0.906 bits per heavy atom. The average Bonchev–Trinajstić information content (AvgIpc) is 2.78. The number of ether oxygens (including phenoxy) is 1. The van der Waals surface area contributed by atoms with Crippen molar-refractivity contribution in [1.29, 1.82) is 0 Å². The number of nitrogens with one attached hydrogen (secondary N) is 1. The van der Waals surface area contributed by atoms with Gasteiger partial charge in [0.05, 0.1) is 5.69 Å². The number of urea groups is 1. The van der Waals surface area contributed by atoms with Crippen LogP contribution in [-0.2, 0) is 16.2 Å². The van der Waals surface area contributed by atoms with Gasteiger partial charge in [-0.3, -0.25) is 14.9 Å². The molecule has 0 spiro atoms. The van der Waals surface area contributed by atoms with E-state index in [0.29, 0.717) is 22.9 Å². The fraction of sp³-hybridized carbons (Fsp3) is 0.0417. The number of phenolic OH excluding ortho intramolecular Hbond substituents is 1. The molecule has 0 radical (unpaired) electrons. The number of anilines is 1. The van der Waals surface area contributed by atoms with Gasteiger partial charge in [0.2, 0.25) is 0 Å². The topological polar surface area (TPSA) is 95.9 Å². The summed E-state index contributed by atoms with van der Waals surface area (Å²) >= 11 is 5.87. The van der Waals surface area contributed by atoms with Gasteiger partial charge in [-0.15, -0.1) is 0 Å². The lowest BCUT2D eigenvalue weighted by Crippen LogP contribution is -2.54. The molecule has 1 heterocycles. The third-order valence-electron chi connectivity index (χ3n) is 4.72. The zero-order valence-electron chi connectivity index (χ0n) is 16.6. The van der Waals surface area contributed by atoms with E-state index in [-0.39, 0.29) is 17.0 Å². The molecule has 32 heavy (non-hydrogen) atoms. The van der Waals surface area contributed by atoms with Gasteiger partial charge in [-0.1, -0.05) is 35.9 Å². The van der Waals surface area contributed by atoms with Crippen LogP contribution in [0.3, 0.4) is 0 Å². The van der Waals surface area contributed by atoms with Crippen LogP contribution in [-0.4, -0.2) is 23.0 Å². The molecule has 3 aromatic carbocycles. The molecular weight excluding hydrogens is 432 g/mol. The number of rotatable bonds is 5. The number of phenols is 1. The van der Waals surface area contributed by atoms with Crippen molar-refractivity contribution in [2.45, 2.75) is 6.61 Å². The van der Waals surface area contributed by atoms with E-state index in [0.717, 1.165) is 10.5 Å². The summed E-state index contributed by atoms with van der Waals surface area (Å²) < 4.78 is 5.72. The molecule has 2 N–H and O–H groups in total. The first-order valence-electron chi connectivity index (χ1n) is 9.58. The van der Waals surface area contributed by atoms with Gasteiger partial charge >= 0.3 is 6.03 Å². The van der Waals surface area contributed by atoms with Gasteiger partial charge in [-0.25, -0.2) is 9.69 Å². The van der Waals surface area contributed by atoms with E-state index < -0.39 is 17.8 Å².